The zero-order valence-corrected chi connectivity index (χ0v) is 24.9. The molecule has 0 radical (unpaired) electrons. The molecule has 10 aromatic rings. The van der Waals surface area contributed by atoms with Crippen LogP contribution in [0.3, 0.4) is 0 Å². The van der Waals surface area contributed by atoms with Crippen LogP contribution in [0.15, 0.2) is 146 Å². The lowest BCUT2D eigenvalue weighted by Gasteiger charge is -2.09. The first-order valence-electron chi connectivity index (χ1n) is 15.1. The van der Waals surface area contributed by atoms with Crippen molar-refractivity contribution < 1.29 is 0 Å². The minimum absolute atomic E-state index is 0.923. The molecule has 5 heteroatoms. The highest BCUT2D eigenvalue weighted by molar-refractivity contribution is 7.27. The molecule has 0 atom stereocenters. The van der Waals surface area contributed by atoms with Crippen LogP contribution in [0.5, 0.6) is 0 Å². The van der Waals surface area contributed by atoms with Crippen LogP contribution >= 0.6 is 11.3 Å². The van der Waals surface area contributed by atoms with Crippen LogP contribution in [0.2, 0.25) is 0 Å². The van der Waals surface area contributed by atoms with E-state index in [-0.39, 0.29) is 0 Å². The van der Waals surface area contributed by atoms with Gasteiger partial charge in [0.15, 0.2) is 5.82 Å². The minimum Gasteiger partial charge on any atom is -0.309 e. The summed E-state index contributed by atoms with van der Waals surface area (Å²) in [6, 6.07) is 49.9. The largest absolute Gasteiger partial charge is 0.309 e. The predicted octanol–water partition coefficient (Wildman–Crippen LogP) is 10.7. The lowest BCUT2D eigenvalue weighted by molar-refractivity contribution is 1.08. The topological polar surface area (TPSA) is 35.6 Å². The number of rotatable bonds is 3. The average Bonchev–Trinajstić information content (AvgIpc) is 3.76. The number of hydrogen-bond acceptors (Lipinski definition) is 3. The van der Waals surface area contributed by atoms with Crippen molar-refractivity contribution in [2.75, 3.05) is 0 Å². The average molecular weight is 593 g/mol. The molecule has 4 heterocycles. The maximum Gasteiger partial charge on any atom is 0.159 e. The van der Waals surface area contributed by atoms with Crippen molar-refractivity contribution in [1.29, 1.82) is 0 Å². The molecule has 45 heavy (non-hydrogen) atoms. The highest BCUT2D eigenvalue weighted by Crippen LogP contribution is 2.45. The van der Waals surface area contributed by atoms with Crippen molar-refractivity contribution >= 4 is 75.3 Å². The minimum atomic E-state index is 0.923. The van der Waals surface area contributed by atoms with Crippen molar-refractivity contribution in [1.82, 2.24) is 19.1 Å². The summed E-state index contributed by atoms with van der Waals surface area (Å²) in [6.07, 6.45) is 1.72. The quantitative estimate of drug-likeness (QED) is 0.205. The molecule has 0 amide bonds. The fraction of sp³-hybridized carbons (Fsp3) is 0. The molecule has 0 saturated carbocycles. The van der Waals surface area contributed by atoms with Crippen LogP contribution in [-0.2, 0) is 0 Å². The molecule has 4 aromatic heterocycles. The zero-order chi connectivity index (χ0) is 29.5. The van der Waals surface area contributed by atoms with Crippen LogP contribution in [0.25, 0.3) is 86.5 Å². The van der Waals surface area contributed by atoms with Crippen molar-refractivity contribution in [2.45, 2.75) is 0 Å². The first kappa shape index (κ1) is 24.6. The Bertz CT molecular complexity index is 2700. The number of thiophene rings is 1. The lowest BCUT2D eigenvalue weighted by atomic mass is 10.1. The zero-order valence-electron chi connectivity index (χ0n) is 24.1. The van der Waals surface area contributed by atoms with Gasteiger partial charge in [-0.15, -0.1) is 11.3 Å². The molecule has 0 bridgehead atoms. The molecular weight excluding hydrogens is 569 g/mol. The second-order valence-corrected chi connectivity index (χ2v) is 12.5. The molecule has 10 rings (SSSR count). The molecule has 0 N–H and O–H groups in total. The van der Waals surface area contributed by atoms with Gasteiger partial charge in [0.25, 0.3) is 0 Å². The Balaban J connectivity index is 1.25. The van der Waals surface area contributed by atoms with E-state index in [1.165, 1.54) is 48.4 Å². The highest BCUT2D eigenvalue weighted by atomic mass is 32.1. The summed E-state index contributed by atoms with van der Waals surface area (Å²) in [5.41, 5.74) is 9.25. The molecule has 6 aromatic carbocycles. The fourth-order valence-electron chi connectivity index (χ4n) is 7.10. The monoisotopic (exact) mass is 592 g/mol. The summed E-state index contributed by atoms with van der Waals surface area (Å²) in [5.74, 6) is 0.923. The molecule has 4 nitrogen and oxygen atoms in total. The Morgan fingerprint density at radius 3 is 1.73 bits per heavy atom. The standard InChI is InChI=1S/C40H24N4S/c1-2-10-25(11-3-1)26-18-20-27(21-19-26)43-34-17-9-6-14-30(34)36-35(43)23-22-31-37-39(45-38(31)36)40(42-24-41-37)44-32-15-7-4-12-28(32)29-13-5-8-16-33(29)44/h1-24H. The van der Waals surface area contributed by atoms with E-state index in [1.807, 2.05) is 0 Å². The molecule has 0 fully saturated rings. The molecule has 0 aliphatic heterocycles. The van der Waals surface area contributed by atoms with Gasteiger partial charge in [-0.25, -0.2) is 9.97 Å². The summed E-state index contributed by atoms with van der Waals surface area (Å²) < 4.78 is 7.03. The van der Waals surface area contributed by atoms with Gasteiger partial charge >= 0.3 is 0 Å². The van der Waals surface area contributed by atoms with Gasteiger partial charge in [-0.05, 0) is 53.6 Å². The Morgan fingerprint density at radius 1 is 0.422 bits per heavy atom. The van der Waals surface area contributed by atoms with E-state index in [2.05, 4.69) is 149 Å². The van der Waals surface area contributed by atoms with Crippen molar-refractivity contribution in [3.63, 3.8) is 0 Å². The third-order valence-electron chi connectivity index (χ3n) is 9.06. The Morgan fingerprint density at radius 2 is 1.02 bits per heavy atom. The SMILES string of the molecule is c1ccc(-c2ccc(-n3c4ccccc4c4c5sc6c(-n7c8ccccc8c8ccccc87)ncnc6c5ccc43)cc2)cc1. The molecule has 210 valence electrons. The summed E-state index contributed by atoms with van der Waals surface area (Å²) in [6.45, 7) is 0. The van der Waals surface area contributed by atoms with Gasteiger partial charge in [0.2, 0.25) is 0 Å². The van der Waals surface area contributed by atoms with E-state index >= 15 is 0 Å². The van der Waals surface area contributed by atoms with E-state index in [9.17, 15) is 0 Å². The predicted molar refractivity (Wildman–Crippen MR) is 189 cm³/mol. The molecule has 0 aliphatic carbocycles. The van der Waals surface area contributed by atoms with Gasteiger partial charge in [-0.3, -0.25) is 4.57 Å². The number of hydrogen-bond donors (Lipinski definition) is 0. The van der Waals surface area contributed by atoms with Gasteiger partial charge in [0.1, 0.15) is 6.33 Å². The maximum atomic E-state index is 4.93. The first-order valence-corrected chi connectivity index (χ1v) is 15.9. The molecular formula is C40H24N4S. The third kappa shape index (κ3) is 3.47. The fourth-order valence-corrected chi connectivity index (χ4v) is 8.39. The van der Waals surface area contributed by atoms with Crippen LogP contribution in [0.4, 0.5) is 0 Å². The number of benzene rings is 6. The van der Waals surface area contributed by atoms with E-state index in [1.54, 1.807) is 17.7 Å². The Hall–Kier alpha value is -5.78. The van der Waals surface area contributed by atoms with Crippen molar-refractivity contribution in [3.8, 4) is 22.6 Å². The van der Waals surface area contributed by atoms with Crippen LogP contribution in [0.1, 0.15) is 0 Å². The number of aromatic nitrogens is 4. The smallest absolute Gasteiger partial charge is 0.159 e. The van der Waals surface area contributed by atoms with Gasteiger partial charge in [0, 0.05) is 37.3 Å². The summed E-state index contributed by atoms with van der Waals surface area (Å²) in [4.78, 5) is 9.80. The molecule has 0 unspecified atom stereocenters. The molecule has 0 spiro atoms. The number of fused-ring (bicyclic) bond motifs is 10. The van der Waals surface area contributed by atoms with Gasteiger partial charge in [-0.1, -0.05) is 97.1 Å². The Kier molecular flexibility index (Phi) is 5.12. The van der Waals surface area contributed by atoms with Crippen molar-refractivity contribution in [3.05, 3.63) is 146 Å². The van der Waals surface area contributed by atoms with Gasteiger partial charge in [-0.2, -0.15) is 0 Å². The van der Waals surface area contributed by atoms with E-state index in [4.69, 9.17) is 9.97 Å². The van der Waals surface area contributed by atoms with Crippen LogP contribution < -0.4 is 0 Å². The van der Waals surface area contributed by atoms with Gasteiger partial charge < -0.3 is 4.57 Å². The summed E-state index contributed by atoms with van der Waals surface area (Å²) in [5, 5.41) is 6.11. The first-order chi connectivity index (χ1) is 22.3. The van der Waals surface area contributed by atoms with E-state index < -0.39 is 0 Å². The van der Waals surface area contributed by atoms with Crippen molar-refractivity contribution in [2.24, 2.45) is 0 Å². The normalized spacial score (nSPS) is 12.0. The third-order valence-corrected chi connectivity index (χ3v) is 10.3. The second-order valence-electron chi connectivity index (χ2n) is 11.4. The van der Waals surface area contributed by atoms with Crippen LogP contribution in [-0.4, -0.2) is 19.1 Å². The highest BCUT2D eigenvalue weighted by Gasteiger charge is 2.21. The molecule has 0 saturated heterocycles. The Labute approximate surface area is 262 Å². The summed E-state index contributed by atoms with van der Waals surface area (Å²) in [7, 11) is 0. The number of para-hydroxylation sites is 3. The lowest BCUT2D eigenvalue weighted by Crippen LogP contribution is -1.98. The summed E-state index contributed by atoms with van der Waals surface area (Å²) >= 11 is 1.80. The number of nitrogens with zero attached hydrogens (tertiary/aromatic N) is 4. The van der Waals surface area contributed by atoms with E-state index in [0.29, 0.717) is 0 Å². The van der Waals surface area contributed by atoms with Gasteiger partial charge in [0.05, 0.1) is 32.3 Å². The molecule has 0 aliphatic rings. The van der Waals surface area contributed by atoms with E-state index in [0.717, 1.165) is 38.1 Å². The maximum absolute atomic E-state index is 4.93. The van der Waals surface area contributed by atoms with Crippen LogP contribution in [0, 0.1) is 0 Å². The second kappa shape index (κ2) is 9.36.